The van der Waals surface area contributed by atoms with Crippen molar-refractivity contribution in [1.82, 2.24) is 9.88 Å². The number of hydrogen-bond acceptors (Lipinski definition) is 4. The molecule has 0 fully saturated rings. The molecule has 3 rings (SSSR count). The monoisotopic (exact) mass is 441 g/mol. The lowest BCUT2D eigenvalue weighted by Crippen LogP contribution is -2.24. The first-order valence-electron chi connectivity index (χ1n) is 9.05. The van der Waals surface area contributed by atoms with Crippen molar-refractivity contribution in [2.24, 2.45) is 0 Å². The van der Waals surface area contributed by atoms with Gasteiger partial charge in [-0.2, -0.15) is 0 Å². The first-order valence-corrected chi connectivity index (χ1v) is 10.9. The van der Waals surface area contributed by atoms with Gasteiger partial charge in [0.2, 0.25) is 5.91 Å². The molecule has 1 heterocycles. The minimum Gasteiger partial charge on any atom is -0.338 e. The van der Waals surface area contributed by atoms with E-state index in [1.165, 1.54) is 18.2 Å². The van der Waals surface area contributed by atoms with Crippen molar-refractivity contribution in [1.29, 1.82) is 0 Å². The molecule has 0 unspecified atom stereocenters. The summed E-state index contributed by atoms with van der Waals surface area (Å²) in [6.07, 6.45) is 6.45. The van der Waals surface area contributed by atoms with Crippen molar-refractivity contribution in [3.8, 4) is 0 Å². The number of nitrogens with zero attached hydrogens (tertiary/aromatic N) is 2. The zero-order valence-electron chi connectivity index (χ0n) is 16.2. The largest absolute Gasteiger partial charge is 0.338 e. The van der Waals surface area contributed by atoms with E-state index in [-0.39, 0.29) is 10.8 Å². The van der Waals surface area contributed by atoms with E-state index in [1.54, 1.807) is 66.8 Å². The number of benzene rings is 2. The number of para-hydroxylation sites is 1. The van der Waals surface area contributed by atoms with Crippen molar-refractivity contribution in [2.75, 3.05) is 11.8 Å². The number of nitrogens with one attached hydrogen (secondary N) is 1. The highest BCUT2D eigenvalue weighted by Gasteiger charge is 2.15. The van der Waals surface area contributed by atoms with Gasteiger partial charge in [0.25, 0.3) is 10.0 Å². The summed E-state index contributed by atoms with van der Waals surface area (Å²) in [5.74, 6) is -0.163. The maximum atomic E-state index is 12.5. The van der Waals surface area contributed by atoms with Crippen LogP contribution in [0.5, 0.6) is 0 Å². The van der Waals surface area contributed by atoms with Gasteiger partial charge in [0, 0.05) is 32.1 Å². The van der Waals surface area contributed by atoms with Gasteiger partial charge in [-0.05, 0) is 53.6 Å². The van der Waals surface area contributed by atoms with Crippen LogP contribution in [0.15, 0.2) is 84.0 Å². The Hall–Kier alpha value is -3.16. The van der Waals surface area contributed by atoms with E-state index >= 15 is 0 Å². The van der Waals surface area contributed by atoms with Gasteiger partial charge in [0.05, 0.1) is 15.6 Å². The predicted molar refractivity (Wildman–Crippen MR) is 118 cm³/mol. The summed E-state index contributed by atoms with van der Waals surface area (Å²) >= 11 is 6.02. The summed E-state index contributed by atoms with van der Waals surface area (Å²) in [7, 11) is -2.06. The number of hydrogen-bond donors (Lipinski definition) is 1. The van der Waals surface area contributed by atoms with E-state index in [0.717, 1.165) is 5.56 Å². The number of carbonyl (C=O) groups is 1. The lowest BCUT2D eigenvalue weighted by atomic mass is 10.2. The predicted octanol–water partition coefficient (Wildman–Crippen LogP) is 4.21. The molecule has 0 saturated carbocycles. The lowest BCUT2D eigenvalue weighted by Gasteiger charge is -2.14. The summed E-state index contributed by atoms with van der Waals surface area (Å²) in [5, 5.41) is 0.315. The third-order valence-corrected chi connectivity index (χ3v) is 5.98. The van der Waals surface area contributed by atoms with Crippen molar-refractivity contribution >= 4 is 39.3 Å². The molecule has 0 aliphatic rings. The molecule has 1 N–H and O–H groups in total. The molecule has 6 nitrogen and oxygen atoms in total. The number of amides is 1. The average Bonchev–Trinajstić information content (AvgIpc) is 2.74. The fourth-order valence-corrected chi connectivity index (χ4v) is 3.96. The van der Waals surface area contributed by atoms with E-state index < -0.39 is 10.0 Å². The van der Waals surface area contributed by atoms with Crippen molar-refractivity contribution in [3.05, 3.63) is 95.3 Å². The molecule has 1 aromatic heterocycles. The fourth-order valence-electron chi connectivity index (χ4n) is 2.64. The van der Waals surface area contributed by atoms with Crippen molar-refractivity contribution in [3.63, 3.8) is 0 Å². The first kappa shape index (κ1) is 21.5. The molecule has 0 spiro atoms. The zero-order valence-corrected chi connectivity index (χ0v) is 17.8. The molecule has 0 radical (unpaired) electrons. The van der Waals surface area contributed by atoms with Crippen LogP contribution in [-0.4, -0.2) is 31.3 Å². The summed E-state index contributed by atoms with van der Waals surface area (Å²) in [6, 6.07) is 16.5. The summed E-state index contributed by atoms with van der Waals surface area (Å²) in [4.78, 5) is 17.9. The molecule has 30 heavy (non-hydrogen) atoms. The number of likely N-dealkylation sites (N-methyl/N-ethyl adjacent to an activating group) is 1. The van der Waals surface area contributed by atoms with E-state index in [4.69, 9.17) is 11.6 Å². The number of pyridine rings is 1. The van der Waals surface area contributed by atoms with Gasteiger partial charge in [0.1, 0.15) is 0 Å². The van der Waals surface area contributed by atoms with Gasteiger partial charge in [-0.15, -0.1) is 0 Å². The van der Waals surface area contributed by atoms with Crippen LogP contribution in [0.3, 0.4) is 0 Å². The Kier molecular flexibility index (Phi) is 6.87. The van der Waals surface area contributed by atoms with Crippen LogP contribution in [0, 0.1) is 0 Å². The van der Waals surface area contributed by atoms with Gasteiger partial charge in [0.15, 0.2) is 0 Å². The highest BCUT2D eigenvalue weighted by atomic mass is 35.5. The van der Waals surface area contributed by atoms with Crippen LogP contribution in [0.4, 0.5) is 5.69 Å². The van der Waals surface area contributed by atoms with Gasteiger partial charge >= 0.3 is 0 Å². The molecule has 1 amide bonds. The Morgan fingerprint density at radius 3 is 2.40 bits per heavy atom. The van der Waals surface area contributed by atoms with E-state index in [9.17, 15) is 13.2 Å². The minimum atomic E-state index is -3.77. The lowest BCUT2D eigenvalue weighted by molar-refractivity contribution is -0.125. The standard InChI is InChI=1S/C22H20ClN3O3S/c1-26(16-18-12-14-24-15-13-18)22(27)11-8-17-6-9-19(10-7-17)30(28,29)25-21-5-3-2-4-20(21)23/h2-15,25H,16H2,1H3/b11-8+. The molecule has 3 aromatic rings. The third-order valence-electron chi connectivity index (χ3n) is 4.27. The molecule has 8 heteroatoms. The number of rotatable bonds is 7. The van der Waals surface area contributed by atoms with Crippen LogP contribution >= 0.6 is 11.6 Å². The average molecular weight is 442 g/mol. The molecule has 0 aliphatic heterocycles. The highest BCUT2D eigenvalue weighted by Crippen LogP contribution is 2.24. The first-order chi connectivity index (χ1) is 14.3. The van der Waals surface area contributed by atoms with Gasteiger partial charge in [-0.3, -0.25) is 14.5 Å². The molecule has 0 saturated heterocycles. The number of anilines is 1. The number of aromatic nitrogens is 1. The number of carbonyl (C=O) groups excluding carboxylic acids is 1. The molecule has 0 bridgehead atoms. The maximum absolute atomic E-state index is 12.5. The Labute approximate surface area is 180 Å². The van der Waals surface area contributed by atoms with Crippen LogP contribution in [-0.2, 0) is 21.4 Å². The van der Waals surface area contributed by atoms with Gasteiger partial charge < -0.3 is 4.90 Å². The summed E-state index contributed by atoms with van der Waals surface area (Å²) in [5.41, 5.74) is 2.00. The molecular weight excluding hydrogens is 422 g/mol. The highest BCUT2D eigenvalue weighted by molar-refractivity contribution is 7.92. The Bertz CT molecular complexity index is 1150. The Morgan fingerprint density at radius 1 is 1.07 bits per heavy atom. The fraction of sp³-hybridized carbons (Fsp3) is 0.0909. The molecule has 0 atom stereocenters. The van der Waals surface area contributed by atoms with Crippen LogP contribution in [0.25, 0.3) is 6.08 Å². The van der Waals surface area contributed by atoms with Gasteiger partial charge in [-0.1, -0.05) is 35.9 Å². The van der Waals surface area contributed by atoms with E-state index in [2.05, 4.69) is 9.71 Å². The second-order valence-electron chi connectivity index (χ2n) is 6.54. The van der Waals surface area contributed by atoms with E-state index in [0.29, 0.717) is 22.8 Å². The van der Waals surface area contributed by atoms with Gasteiger partial charge in [-0.25, -0.2) is 8.42 Å². The minimum absolute atomic E-state index is 0.0979. The van der Waals surface area contributed by atoms with Crippen molar-refractivity contribution < 1.29 is 13.2 Å². The van der Waals surface area contributed by atoms with Crippen molar-refractivity contribution in [2.45, 2.75) is 11.4 Å². The smallest absolute Gasteiger partial charge is 0.261 e. The maximum Gasteiger partial charge on any atom is 0.261 e. The Morgan fingerprint density at radius 2 is 1.73 bits per heavy atom. The van der Waals surface area contributed by atoms with Crippen LogP contribution in [0.1, 0.15) is 11.1 Å². The molecular formula is C22H20ClN3O3S. The molecule has 2 aromatic carbocycles. The van der Waals surface area contributed by atoms with Crippen LogP contribution in [0.2, 0.25) is 5.02 Å². The molecule has 0 aliphatic carbocycles. The second-order valence-corrected chi connectivity index (χ2v) is 8.63. The molecule has 154 valence electrons. The third kappa shape index (κ3) is 5.68. The SMILES string of the molecule is CN(Cc1ccncc1)C(=O)/C=C/c1ccc(S(=O)(=O)Nc2ccccc2Cl)cc1. The second kappa shape index (κ2) is 9.56. The van der Waals surface area contributed by atoms with Crippen LogP contribution < -0.4 is 4.72 Å². The topological polar surface area (TPSA) is 79.4 Å². The number of sulfonamides is 1. The van der Waals surface area contributed by atoms with E-state index in [1.807, 2.05) is 12.1 Å². The quantitative estimate of drug-likeness (QED) is 0.557. The summed E-state index contributed by atoms with van der Waals surface area (Å²) in [6.45, 7) is 0.469. The normalized spacial score (nSPS) is 11.4. The summed E-state index contributed by atoms with van der Waals surface area (Å²) < 4.78 is 27.5. The zero-order chi connectivity index (χ0) is 21.6. The Balaban J connectivity index is 1.65. The number of halogens is 1.